The van der Waals surface area contributed by atoms with Crippen LogP contribution in [0.25, 0.3) is 0 Å². The Morgan fingerprint density at radius 1 is 0.481 bits per heavy atom. The molecule has 0 amide bonds. The SMILES string of the molecule is CCCCCCC[NH+](CC)CCCCc1ccc([N+](=O)[O-])cc1.CCCCCCC[NH+](CC)CCCCc1ccc([N+](=O)[O-])cc1.O=C([O-])C(=O)[O-]. The van der Waals surface area contributed by atoms with Crippen molar-refractivity contribution < 1.29 is 39.4 Å². The second-order valence-corrected chi connectivity index (χ2v) is 13.4. The van der Waals surface area contributed by atoms with Crippen LogP contribution >= 0.6 is 0 Å². The molecule has 12 nitrogen and oxygen atoms in total. The summed E-state index contributed by atoms with van der Waals surface area (Å²) >= 11 is 0. The van der Waals surface area contributed by atoms with Gasteiger partial charge >= 0.3 is 0 Å². The molecule has 2 rings (SSSR count). The third-order valence-corrected chi connectivity index (χ3v) is 9.22. The van der Waals surface area contributed by atoms with Crippen molar-refractivity contribution in [3.8, 4) is 0 Å². The van der Waals surface area contributed by atoms with E-state index < -0.39 is 11.9 Å². The summed E-state index contributed by atoms with van der Waals surface area (Å²) in [6, 6.07) is 14.0. The van der Waals surface area contributed by atoms with Gasteiger partial charge in [-0.1, -0.05) is 76.6 Å². The molecule has 0 saturated heterocycles. The van der Waals surface area contributed by atoms with Crippen LogP contribution < -0.4 is 20.0 Å². The first-order valence-electron chi connectivity index (χ1n) is 19.5. The minimum atomic E-state index is -2.19. The van der Waals surface area contributed by atoms with Crippen molar-refractivity contribution in [2.45, 2.75) is 130 Å². The monoisotopic (exact) mass is 730 g/mol. The van der Waals surface area contributed by atoms with E-state index in [4.69, 9.17) is 19.8 Å². The van der Waals surface area contributed by atoms with Crippen LogP contribution in [-0.2, 0) is 22.4 Å². The van der Waals surface area contributed by atoms with Gasteiger partial charge in [-0.25, -0.2) is 0 Å². The van der Waals surface area contributed by atoms with E-state index in [1.54, 1.807) is 34.1 Å². The molecule has 0 aromatic heterocycles. The number of carboxylic acids is 2. The van der Waals surface area contributed by atoms with Crippen molar-refractivity contribution in [1.29, 1.82) is 0 Å². The summed E-state index contributed by atoms with van der Waals surface area (Å²) in [6.07, 6.45) is 20.4. The van der Waals surface area contributed by atoms with Gasteiger partial charge in [-0.15, -0.1) is 0 Å². The number of hydrogen-bond donors (Lipinski definition) is 2. The van der Waals surface area contributed by atoms with E-state index in [0.717, 1.165) is 25.7 Å². The molecule has 2 unspecified atom stereocenters. The van der Waals surface area contributed by atoms with E-state index in [0.29, 0.717) is 0 Å². The van der Waals surface area contributed by atoms with Gasteiger partial charge in [-0.3, -0.25) is 20.2 Å². The smallest absolute Gasteiger partial charge is 0.269 e. The number of aliphatic carboxylic acids is 2. The van der Waals surface area contributed by atoms with Crippen molar-refractivity contribution in [3.63, 3.8) is 0 Å². The van der Waals surface area contributed by atoms with Crippen molar-refractivity contribution >= 4 is 23.3 Å². The van der Waals surface area contributed by atoms with E-state index >= 15 is 0 Å². The first-order chi connectivity index (χ1) is 25.0. The Hall–Kier alpha value is -3.90. The van der Waals surface area contributed by atoms with Crippen LogP contribution in [-0.4, -0.2) is 61.1 Å². The Bertz CT molecular complexity index is 1130. The highest BCUT2D eigenvalue weighted by molar-refractivity contribution is 6.25. The largest absolute Gasteiger partial charge is 0.543 e. The number of benzene rings is 2. The number of rotatable bonds is 26. The van der Waals surface area contributed by atoms with Crippen LogP contribution in [0, 0.1) is 20.2 Å². The number of carbonyl (C=O) groups is 2. The second kappa shape index (κ2) is 31.8. The lowest BCUT2D eigenvalue weighted by atomic mass is 10.1. The Morgan fingerprint density at radius 2 is 0.769 bits per heavy atom. The van der Waals surface area contributed by atoms with Crippen LogP contribution in [0.1, 0.15) is 129 Å². The van der Waals surface area contributed by atoms with Gasteiger partial charge < -0.3 is 29.6 Å². The molecule has 0 bridgehead atoms. The zero-order valence-corrected chi connectivity index (χ0v) is 32.3. The molecule has 0 heterocycles. The van der Waals surface area contributed by atoms with E-state index in [2.05, 4.69) is 27.7 Å². The van der Waals surface area contributed by atoms with Gasteiger partial charge in [0.1, 0.15) is 0 Å². The summed E-state index contributed by atoms with van der Waals surface area (Å²) in [5.41, 5.74) is 2.76. The maximum Gasteiger partial charge on any atom is 0.269 e. The van der Waals surface area contributed by atoms with Crippen LogP contribution in [0.15, 0.2) is 48.5 Å². The maximum absolute atomic E-state index is 10.6. The van der Waals surface area contributed by atoms with Gasteiger partial charge in [0.2, 0.25) is 0 Å². The summed E-state index contributed by atoms with van der Waals surface area (Å²) in [6.45, 7) is 16.6. The predicted octanol–water partition coefficient (Wildman–Crippen LogP) is 4.07. The van der Waals surface area contributed by atoms with Crippen LogP contribution in [0.3, 0.4) is 0 Å². The van der Waals surface area contributed by atoms with Crippen LogP contribution in [0.4, 0.5) is 11.4 Å². The Labute approximate surface area is 311 Å². The minimum absolute atomic E-state index is 0.179. The highest BCUT2D eigenvalue weighted by Crippen LogP contribution is 2.14. The molecule has 52 heavy (non-hydrogen) atoms. The van der Waals surface area contributed by atoms with Gasteiger partial charge in [0.25, 0.3) is 11.4 Å². The lowest BCUT2D eigenvalue weighted by molar-refractivity contribution is -0.898. The first-order valence-corrected chi connectivity index (χ1v) is 19.5. The average Bonchev–Trinajstić information content (AvgIpc) is 3.14. The summed E-state index contributed by atoms with van der Waals surface area (Å²) in [4.78, 5) is 41.9. The van der Waals surface area contributed by atoms with Gasteiger partial charge in [0.15, 0.2) is 0 Å². The van der Waals surface area contributed by atoms with Gasteiger partial charge in [-0.05, 0) is 89.2 Å². The molecule has 2 aromatic carbocycles. The van der Waals surface area contributed by atoms with Gasteiger partial charge in [-0.2, -0.15) is 0 Å². The molecule has 0 saturated carbocycles. The number of nitrogens with one attached hydrogen (secondary N) is 2. The van der Waals surface area contributed by atoms with E-state index in [1.807, 2.05) is 24.3 Å². The number of carboxylic acid groups (broad SMARTS) is 2. The molecular weight excluding hydrogens is 664 g/mol. The fraction of sp³-hybridized carbons (Fsp3) is 0.650. The van der Waals surface area contributed by atoms with Crippen molar-refractivity contribution in [2.24, 2.45) is 0 Å². The quantitative estimate of drug-likeness (QED) is 0.0630. The summed E-state index contributed by atoms with van der Waals surface area (Å²) in [5.74, 6) is -4.37. The van der Waals surface area contributed by atoms with Crippen molar-refractivity contribution in [1.82, 2.24) is 0 Å². The molecule has 2 N–H and O–H groups in total. The lowest BCUT2D eigenvalue weighted by Crippen LogP contribution is -3.11. The first kappa shape index (κ1) is 48.1. The summed E-state index contributed by atoms with van der Waals surface area (Å²) in [5, 5.41) is 39.1. The minimum Gasteiger partial charge on any atom is -0.543 e. The molecule has 0 radical (unpaired) electrons. The average molecular weight is 731 g/mol. The van der Waals surface area contributed by atoms with Gasteiger partial charge in [0.05, 0.1) is 61.1 Å². The molecule has 12 heteroatoms. The predicted molar refractivity (Wildman–Crippen MR) is 202 cm³/mol. The Morgan fingerprint density at radius 3 is 1.02 bits per heavy atom. The molecule has 2 atom stereocenters. The highest BCUT2D eigenvalue weighted by atomic mass is 16.6. The van der Waals surface area contributed by atoms with Crippen molar-refractivity contribution in [2.75, 3.05) is 39.3 Å². The van der Waals surface area contributed by atoms with E-state index in [1.165, 1.54) is 127 Å². The van der Waals surface area contributed by atoms with Gasteiger partial charge in [0, 0.05) is 24.3 Å². The molecular formula is C40H66N4O8. The third kappa shape index (κ3) is 26.0. The lowest BCUT2D eigenvalue weighted by Gasteiger charge is -2.17. The summed E-state index contributed by atoms with van der Waals surface area (Å²) < 4.78 is 0. The van der Waals surface area contributed by atoms with Crippen LogP contribution in [0.2, 0.25) is 0 Å². The molecule has 2 aromatic rings. The summed E-state index contributed by atoms with van der Waals surface area (Å²) in [7, 11) is 0. The number of quaternary nitrogens is 2. The number of aryl methyl sites for hydroxylation is 2. The number of carbonyl (C=O) groups excluding carboxylic acids is 2. The third-order valence-electron chi connectivity index (χ3n) is 9.22. The Balaban J connectivity index is 0.000000864. The van der Waals surface area contributed by atoms with E-state index in [9.17, 15) is 20.2 Å². The zero-order valence-electron chi connectivity index (χ0n) is 32.3. The zero-order chi connectivity index (χ0) is 39.0. The van der Waals surface area contributed by atoms with Crippen LogP contribution in [0.5, 0.6) is 0 Å². The number of nitro groups is 2. The number of unbranched alkanes of at least 4 members (excludes halogenated alkanes) is 10. The molecule has 0 aliphatic carbocycles. The fourth-order valence-corrected chi connectivity index (χ4v) is 5.89. The standard InChI is InChI=1S/2C19H32N2O2.C2H2O4/c2*1-3-5-6-7-9-16-20(4-2)17-10-8-11-18-12-14-19(15-13-18)21(22)23;3-1(4)2(5)6/h2*12-15H,3-11,16-17H2,1-2H3;(H,3,4)(H,5,6). The molecule has 0 fully saturated rings. The Kier molecular flexibility index (Phi) is 29.4. The normalized spacial score (nSPS) is 11.7. The number of nitro benzene ring substituents is 2. The molecule has 0 aliphatic heterocycles. The second-order valence-electron chi connectivity index (χ2n) is 13.4. The van der Waals surface area contributed by atoms with Crippen molar-refractivity contribution in [3.05, 3.63) is 79.9 Å². The molecule has 0 spiro atoms. The number of nitrogens with zero attached hydrogens (tertiary/aromatic N) is 2. The molecule has 0 aliphatic rings. The number of hydrogen-bond acceptors (Lipinski definition) is 8. The maximum atomic E-state index is 10.6. The highest BCUT2D eigenvalue weighted by Gasteiger charge is 2.08. The fourth-order valence-electron chi connectivity index (χ4n) is 5.89. The van der Waals surface area contributed by atoms with E-state index in [-0.39, 0.29) is 21.2 Å². The topological polar surface area (TPSA) is 175 Å². The molecule has 294 valence electrons. The number of non-ortho nitro benzene ring substituents is 2.